The number of aromatic nitrogens is 3. The molecule has 1 amide bonds. The Hall–Kier alpha value is -4.14. The topological polar surface area (TPSA) is 111 Å². The number of oxazole rings is 1. The molecule has 0 bridgehead atoms. The molecular formula is C21H17N5O4. The van der Waals surface area contributed by atoms with Gasteiger partial charge in [0, 0.05) is 11.8 Å². The van der Waals surface area contributed by atoms with Crippen LogP contribution < -0.4 is 20.1 Å². The molecule has 0 aliphatic carbocycles. The van der Waals surface area contributed by atoms with Gasteiger partial charge < -0.3 is 19.2 Å². The first-order chi connectivity index (χ1) is 14.6. The zero-order chi connectivity index (χ0) is 20.7. The number of nitrogens with zero attached hydrogens (tertiary/aromatic N) is 3. The minimum Gasteiger partial charge on any atom is -0.454 e. The number of anilines is 3. The van der Waals surface area contributed by atoms with Crippen molar-refractivity contribution in [2.75, 3.05) is 17.4 Å². The van der Waals surface area contributed by atoms with Gasteiger partial charge in [-0.1, -0.05) is 12.1 Å². The summed E-state index contributed by atoms with van der Waals surface area (Å²) in [5.74, 6) is 1.24. The number of aryl methyl sites for hydroxylation is 2. The van der Waals surface area contributed by atoms with Crippen LogP contribution >= 0.6 is 0 Å². The van der Waals surface area contributed by atoms with Crippen LogP contribution in [-0.4, -0.2) is 27.7 Å². The zero-order valence-electron chi connectivity index (χ0n) is 16.2. The molecule has 0 saturated heterocycles. The first-order valence-electron chi connectivity index (χ1n) is 9.25. The molecule has 5 rings (SSSR count). The molecule has 9 heteroatoms. The fourth-order valence-corrected chi connectivity index (χ4v) is 3.29. The van der Waals surface area contributed by atoms with Crippen LogP contribution in [0.15, 0.2) is 46.9 Å². The van der Waals surface area contributed by atoms with Gasteiger partial charge in [0.25, 0.3) is 5.91 Å². The largest absolute Gasteiger partial charge is 0.454 e. The van der Waals surface area contributed by atoms with Crippen molar-refractivity contribution >= 4 is 34.7 Å². The number of amides is 1. The maximum atomic E-state index is 12.8. The van der Waals surface area contributed by atoms with Crippen LogP contribution in [0.5, 0.6) is 11.5 Å². The number of para-hydroxylation sites is 2. The Morgan fingerprint density at radius 3 is 2.53 bits per heavy atom. The summed E-state index contributed by atoms with van der Waals surface area (Å²) in [7, 11) is 0. The molecule has 0 atom stereocenters. The molecule has 0 radical (unpaired) electrons. The van der Waals surface area contributed by atoms with Crippen molar-refractivity contribution in [1.82, 2.24) is 15.0 Å². The summed E-state index contributed by atoms with van der Waals surface area (Å²) in [6.07, 6.45) is 0. The highest BCUT2D eigenvalue weighted by Gasteiger charge is 2.19. The van der Waals surface area contributed by atoms with E-state index in [0.29, 0.717) is 45.7 Å². The number of carbonyl (C=O) groups excluding carboxylic acids is 1. The number of benzene rings is 2. The van der Waals surface area contributed by atoms with E-state index in [1.54, 1.807) is 32.0 Å². The van der Waals surface area contributed by atoms with Gasteiger partial charge in [-0.3, -0.25) is 10.1 Å². The molecule has 3 heterocycles. The second-order valence-corrected chi connectivity index (χ2v) is 6.73. The smallest absolute Gasteiger partial charge is 0.302 e. The summed E-state index contributed by atoms with van der Waals surface area (Å²) in [6, 6.07) is 12.9. The molecule has 1 aliphatic rings. The Morgan fingerprint density at radius 2 is 1.73 bits per heavy atom. The maximum Gasteiger partial charge on any atom is 0.302 e. The Bertz CT molecular complexity index is 1230. The maximum absolute atomic E-state index is 12.8. The number of carbonyl (C=O) groups is 1. The average molecular weight is 403 g/mol. The molecule has 2 aromatic heterocycles. The fourth-order valence-electron chi connectivity index (χ4n) is 3.29. The summed E-state index contributed by atoms with van der Waals surface area (Å²) in [5.41, 5.74) is 3.44. The van der Waals surface area contributed by atoms with Crippen LogP contribution in [0.4, 0.5) is 17.7 Å². The van der Waals surface area contributed by atoms with Gasteiger partial charge in [0.05, 0.1) is 17.0 Å². The Balaban J connectivity index is 1.37. The normalized spacial score (nSPS) is 12.2. The van der Waals surface area contributed by atoms with Crippen LogP contribution in [0.25, 0.3) is 11.1 Å². The number of ether oxygens (including phenoxy) is 2. The molecule has 4 aromatic rings. The molecule has 2 N–H and O–H groups in total. The van der Waals surface area contributed by atoms with Crippen molar-refractivity contribution in [1.29, 1.82) is 0 Å². The van der Waals surface area contributed by atoms with Crippen LogP contribution in [0.2, 0.25) is 0 Å². The number of nitrogens with one attached hydrogen (secondary N) is 2. The third-order valence-electron chi connectivity index (χ3n) is 4.64. The summed E-state index contributed by atoms with van der Waals surface area (Å²) in [6.45, 7) is 3.67. The molecular weight excluding hydrogens is 386 g/mol. The Kier molecular flexibility index (Phi) is 4.20. The van der Waals surface area contributed by atoms with E-state index in [1.807, 2.05) is 24.3 Å². The first kappa shape index (κ1) is 17.9. The Labute approximate surface area is 171 Å². The predicted octanol–water partition coefficient (Wildman–Crippen LogP) is 3.96. The lowest BCUT2D eigenvalue weighted by Gasteiger charge is -2.11. The van der Waals surface area contributed by atoms with Gasteiger partial charge in [0.1, 0.15) is 5.52 Å². The highest BCUT2D eigenvalue weighted by atomic mass is 16.7. The third kappa shape index (κ3) is 3.26. The van der Waals surface area contributed by atoms with Gasteiger partial charge >= 0.3 is 6.01 Å². The number of fused-ring (bicyclic) bond motifs is 2. The minimum absolute atomic E-state index is 0.174. The second kappa shape index (κ2) is 7.03. The molecule has 9 nitrogen and oxygen atoms in total. The van der Waals surface area contributed by atoms with E-state index < -0.39 is 0 Å². The molecule has 1 aliphatic heterocycles. The van der Waals surface area contributed by atoms with Crippen molar-refractivity contribution in [3.05, 3.63) is 59.4 Å². The van der Waals surface area contributed by atoms with Crippen molar-refractivity contribution in [2.24, 2.45) is 0 Å². The predicted molar refractivity (Wildman–Crippen MR) is 109 cm³/mol. The highest BCUT2D eigenvalue weighted by Crippen LogP contribution is 2.34. The lowest BCUT2D eigenvalue weighted by Crippen LogP contribution is -2.17. The molecule has 0 unspecified atom stereocenters. The van der Waals surface area contributed by atoms with Crippen LogP contribution in [-0.2, 0) is 0 Å². The summed E-state index contributed by atoms with van der Waals surface area (Å²) < 4.78 is 16.3. The molecule has 2 aromatic carbocycles. The van der Waals surface area contributed by atoms with Crippen LogP contribution in [0.3, 0.4) is 0 Å². The number of hydrogen-bond donors (Lipinski definition) is 2. The van der Waals surface area contributed by atoms with Crippen molar-refractivity contribution in [3.63, 3.8) is 0 Å². The van der Waals surface area contributed by atoms with Gasteiger partial charge in [-0.25, -0.2) is 9.97 Å². The van der Waals surface area contributed by atoms with Crippen molar-refractivity contribution < 1.29 is 18.7 Å². The molecule has 0 spiro atoms. The van der Waals surface area contributed by atoms with Gasteiger partial charge in [0.2, 0.25) is 12.7 Å². The van der Waals surface area contributed by atoms with E-state index in [-0.39, 0.29) is 18.7 Å². The molecule has 150 valence electrons. The quantitative estimate of drug-likeness (QED) is 0.527. The van der Waals surface area contributed by atoms with Gasteiger partial charge in [-0.15, -0.1) is 0 Å². The minimum atomic E-state index is -0.308. The third-order valence-corrected chi connectivity index (χ3v) is 4.64. The SMILES string of the molecule is Cc1nc(Nc2nc3ccccc3o2)nc(C)c1C(=O)Nc1ccc2c(c1)OCO2. The van der Waals surface area contributed by atoms with E-state index in [1.165, 1.54) is 0 Å². The van der Waals surface area contributed by atoms with Gasteiger partial charge in [-0.2, -0.15) is 4.98 Å². The summed E-state index contributed by atoms with van der Waals surface area (Å²) in [5, 5.41) is 5.81. The standard InChI is InChI=1S/C21H17N5O4/c1-11-18(19(27)24-13-7-8-16-17(9-13)29-10-28-16)12(2)23-20(22-11)26-21-25-14-5-3-4-6-15(14)30-21/h3-9H,10H2,1-2H3,(H,24,27)(H,22,23,25,26). The van der Waals surface area contributed by atoms with E-state index in [2.05, 4.69) is 25.6 Å². The Morgan fingerprint density at radius 1 is 0.967 bits per heavy atom. The monoisotopic (exact) mass is 403 g/mol. The van der Waals surface area contributed by atoms with Gasteiger partial charge in [0.15, 0.2) is 17.1 Å². The molecule has 30 heavy (non-hydrogen) atoms. The van der Waals surface area contributed by atoms with E-state index >= 15 is 0 Å². The second-order valence-electron chi connectivity index (χ2n) is 6.73. The summed E-state index contributed by atoms with van der Waals surface area (Å²) in [4.78, 5) is 26.0. The fraction of sp³-hybridized carbons (Fsp3) is 0.143. The lowest BCUT2D eigenvalue weighted by atomic mass is 10.1. The van der Waals surface area contributed by atoms with Crippen molar-refractivity contribution in [3.8, 4) is 11.5 Å². The number of rotatable bonds is 4. The van der Waals surface area contributed by atoms with Crippen LogP contribution in [0, 0.1) is 13.8 Å². The van der Waals surface area contributed by atoms with E-state index in [9.17, 15) is 4.79 Å². The number of hydrogen-bond acceptors (Lipinski definition) is 8. The highest BCUT2D eigenvalue weighted by molar-refractivity contribution is 6.06. The van der Waals surface area contributed by atoms with E-state index in [4.69, 9.17) is 13.9 Å². The van der Waals surface area contributed by atoms with Gasteiger partial charge in [-0.05, 0) is 38.1 Å². The zero-order valence-corrected chi connectivity index (χ0v) is 16.2. The molecule has 0 fully saturated rings. The first-order valence-corrected chi connectivity index (χ1v) is 9.25. The van der Waals surface area contributed by atoms with Crippen LogP contribution in [0.1, 0.15) is 21.7 Å². The summed E-state index contributed by atoms with van der Waals surface area (Å²) >= 11 is 0. The average Bonchev–Trinajstić information content (AvgIpc) is 3.32. The lowest BCUT2D eigenvalue weighted by molar-refractivity contribution is 0.102. The van der Waals surface area contributed by atoms with E-state index in [0.717, 1.165) is 5.52 Å². The molecule has 0 saturated carbocycles. The van der Waals surface area contributed by atoms with Crippen molar-refractivity contribution in [2.45, 2.75) is 13.8 Å².